The van der Waals surface area contributed by atoms with Crippen molar-refractivity contribution in [2.45, 2.75) is 13.3 Å². The fourth-order valence-corrected chi connectivity index (χ4v) is 3.14. The number of fused-ring (bicyclic) bond motifs is 1. The Hall–Kier alpha value is -3.02. The minimum Gasteiger partial charge on any atom is -0.482 e. The van der Waals surface area contributed by atoms with Crippen LogP contribution in [0.5, 0.6) is 5.75 Å². The molecule has 0 bridgehead atoms. The minimum absolute atomic E-state index is 0.0150. The zero-order chi connectivity index (χ0) is 19.1. The number of rotatable bonds is 8. The Labute approximate surface area is 159 Å². The zero-order valence-electron chi connectivity index (χ0n) is 15.6. The van der Waals surface area contributed by atoms with Crippen LogP contribution in [0.25, 0.3) is 0 Å². The first-order chi connectivity index (χ1) is 13.2. The average molecular weight is 367 g/mol. The molecule has 0 saturated carbocycles. The third kappa shape index (κ3) is 4.78. The van der Waals surface area contributed by atoms with Gasteiger partial charge in [-0.25, -0.2) is 0 Å². The highest BCUT2D eigenvalue weighted by molar-refractivity contribution is 5.98. The first-order valence-electron chi connectivity index (χ1n) is 9.28. The molecule has 2 amide bonds. The lowest BCUT2D eigenvalue weighted by molar-refractivity contribution is -0.122. The van der Waals surface area contributed by atoms with Gasteiger partial charge in [0.1, 0.15) is 5.75 Å². The summed E-state index contributed by atoms with van der Waals surface area (Å²) in [5, 5.41) is 2.95. The summed E-state index contributed by atoms with van der Waals surface area (Å²) in [5.74, 6) is 0.498. The van der Waals surface area contributed by atoms with Crippen molar-refractivity contribution in [2.75, 3.05) is 42.6 Å². The van der Waals surface area contributed by atoms with Crippen LogP contribution in [0.4, 0.5) is 11.4 Å². The van der Waals surface area contributed by atoms with Crippen molar-refractivity contribution in [3.8, 4) is 5.75 Å². The molecule has 1 aliphatic rings. The highest BCUT2D eigenvalue weighted by atomic mass is 16.5. The van der Waals surface area contributed by atoms with Gasteiger partial charge >= 0.3 is 0 Å². The zero-order valence-corrected chi connectivity index (χ0v) is 15.6. The topological polar surface area (TPSA) is 61.9 Å². The van der Waals surface area contributed by atoms with Gasteiger partial charge in [-0.15, -0.1) is 0 Å². The molecule has 1 N–H and O–H groups in total. The van der Waals surface area contributed by atoms with Crippen LogP contribution < -0.4 is 19.9 Å². The van der Waals surface area contributed by atoms with Gasteiger partial charge in [0.25, 0.3) is 5.91 Å². The van der Waals surface area contributed by atoms with Gasteiger partial charge in [0.05, 0.1) is 5.69 Å². The molecule has 2 aromatic rings. The number of para-hydroxylation sites is 3. The quantitative estimate of drug-likeness (QED) is 0.779. The predicted molar refractivity (Wildman–Crippen MR) is 106 cm³/mol. The van der Waals surface area contributed by atoms with Crippen molar-refractivity contribution in [3.63, 3.8) is 0 Å². The largest absolute Gasteiger partial charge is 0.482 e. The number of carbonyl (C=O) groups excluding carboxylic acids is 2. The lowest BCUT2D eigenvalue weighted by Gasteiger charge is -2.29. The molecule has 3 rings (SSSR count). The second kappa shape index (κ2) is 9.07. The van der Waals surface area contributed by atoms with Crippen molar-refractivity contribution in [3.05, 3.63) is 54.6 Å². The number of amides is 2. The van der Waals surface area contributed by atoms with Crippen LogP contribution in [0.3, 0.4) is 0 Å². The summed E-state index contributed by atoms with van der Waals surface area (Å²) in [7, 11) is 0. The van der Waals surface area contributed by atoms with E-state index in [-0.39, 0.29) is 24.8 Å². The number of ether oxygens (including phenoxy) is 1. The van der Waals surface area contributed by atoms with Crippen molar-refractivity contribution in [1.29, 1.82) is 0 Å². The molecule has 0 unspecified atom stereocenters. The number of carbonyl (C=O) groups is 2. The Bertz CT molecular complexity index is 779. The summed E-state index contributed by atoms with van der Waals surface area (Å²) in [6, 6.07) is 17.5. The highest BCUT2D eigenvalue weighted by Crippen LogP contribution is 2.31. The maximum absolute atomic E-state index is 12.2. The van der Waals surface area contributed by atoms with Gasteiger partial charge in [-0.3, -0.25) is 9.59 Å². The number of likely N-dealkylation sites (N-methyl/N-ethyl adjacent to an activating group) is 1. The van der Waals surface area contributed by atoms with E-state index in [9.17, 15) is 9.59 Å². The second-order valence-corrected chi connectivity index (χ2v) is 6.32. The number of nitrogens with zero attached hydrogens (tertiary/aromatic N) is 2. The molecule has 0 saturated heterocycles. The van der Waals surface area contributed by atoms with Gasteiger partial charge < -0.3 is 19.9 Å². The standard InChI is InChI=1S/C21H25N3O3/c1-2-23(17-8-4-3-5-9-17)15-13-22-20(25)12-14-24-18-10-6-7-11-19(18)27-16-21(24)26/h3-11H,2,12-16H2,1H3,(H,22,25). The van der Waals surface area contributed by atoms with E-state index in [2.05, 4.69) is 29.3 Å². The van der Waals surface area contributed by atoms with E-state index in [1.54, 1.807) is 4.90 Å². The summed E-state index contributed by atoms with van der Waals surface area (Å²) in [5.41, 5.74) is 1.87. The van der Waals surface area contributed by atoms with Crippen LogP contribution >= 0.6 is 0 Å². The number of hydrogen-bond acceptors (Lipinski definition) is 4. The van der Waals surface area contributed by atoms with Crippen molar-refractivity contribution >= 4 is 23.2 Å². The van der Waals surface area contributed by atoms with Crippen LogP contribution in [0, 0.1) is 0 Å². The Morgan fingerprint density at radius 1 is 1.15 bits per heavy atom. The van der Waals surface area contributed by atoms with E-state index >= 15 is 0 Å². The molecule has 2 aromatic carbocycles. The molecule has 6 nitrogen and oxygen atoms in total. The third-order valence-corrected chi connectivity index (χ3v) is 4.58. The second-order valence-electron chi connectivity index (χ2n) is 6.32. The van der Waals surface area contributed by atoms with E-state index < -0.39 is 0 Å². The Balaban J connectivity index is 1.47. The number of anilines is 2. The first-order valence-corrected chi connectivity index (χ1v) is 9.28. The molecule has 1 aliphatic heterocycles. The Morgan fingerprint density at radius 3 is 2.67 bits per heavy atom. The molecule has 27 heavy (non-hydrogen) atoms. The summed E-state index contributed by atoms with van der Waals surface area (Å²) < 4.78 is 5.42. The Morgan fingerprint density at radius 2 is 1.89 bits per heavy atom. The third-order valence-electron chi connectivity index (χ3n) is 4.58. The van der Waals surface area contributed by atoms with Crippen LogP contribution in [0.2, 0.25) is 0 Å². The molecule has 0 aromatic heterocycles. The summed E-state index contributed by atoms with van der Waals surface area (Å²) in [4.78, 5) is 28.2. The summed E-state index contributed by atoms with van der Waals surface area (Å²) in [6.07, 6.45) is 0.261. The lowest BCUT2D eigenvalue weighted by Crippen LogP contribution is -2.41. The molecule has 0 fully saturated rings. The van der Waals surface area contributed by atoms with Crippen molar-refractivity contribution in [2.24, 2.45) is 0 Å². The monoisotopic (exact) mass is 367 g/mol. The smallest absolute Gasteiger partial charge is 0.265 e. The van der Waals surface area contributed by atoms with E-state index in [1.165, 1.54) is 0 Å². The lowest BCUT2D eigenvalue weighted by atomic mass is 10.2. The van der Waals surface area contributed by atoms with E-state index in [4.69, 9.17) is 4.74 Å². The van der Waals surface area contributed by atoms with Crippen LogP contribution in [0.15, 0.2) is 54.6 Å². The van der Waals surface area contributed by atoms with Crippen LogP contribution in [-0.4, -0.2) is 44.6 Å². The van der Waals surface area contributed by atoms with Gasteiger partial charge in [0, 0.05) is 38.3 Å². The maximum Gasteiger partial charge on any atom is 0.265 e. The fraction of sp³-hybridized carbons (Fsp3) is 0.333. The van der Waals surface area contributed by atoms with Gasteiger partial charge in [-0.2, -0.15) is 0 Å². The van der Waals surface area contributed by atoms with E-state index in [1.807, 2.05) is 42.5 Å². The molecule has 0 radical (unpaired) electrons. The number of nitrogens with one attached hydrogen (secondary N) is 1. The van der Waals surface area contributed by atoms with Crippen molar-refractivity contribution in [1.82, 2.24) is 5.32 Å². The van der Waals surface area contributed by atoms with E-state index in [0.29, 0.717) is 18.8 Å². The molecule has 0 atom stereocenters. The number of benzene rings is 2. The molecular formula is C21H25N3O3. The van der Waals surface area contributed by atoms with Crippen LogP contribution in [-0.2, 0) is 9.59 Å². The molecule has 1 heterocycles. The average Bonchev–Trinajstić information content (AvgIpc) is 2.71. The van der Waals surface area contributed by atoms with Gasteiger partial charge in [-0.05, 0) is 31.2 Å². The van der Waals surface area contributed by atoms with Gasteiger partial charge in [0.15, 0.2) is 6.61 Å². The predicted octanol–water partition coefficient (Wildman–Crippen LogP) is 2.44. The maximum atomic E-state index is 12.2. The SMILES string of the molecule is CCN(CCNC(=O)CCN1C(=O)COc2ccccc21)c1ccccc1. The number of hydrogen-bond donors (Lipinski definition) is 1. The molecular weight excluding hydrogens is 342 g/mol. The molecule has 0 aliphatic carbocycles. The fourth-order valence-electron chi connectivity index (χ4n) is 3.14. The van der Waals surface area contributed by atoms with Crippen LogP contribution in [0.1, 0.15) is 13.3 Å². The van der Waals surface area contributed by atoms with Crippen molar-refractivity contribution < 1.29 is 14.3 Å². The van der Waals surface area contributed by atoms with Gasteiger partial charge in [-0.1, -0.05) is 30.3 Å². The van der Waals surface area contributed by atoms with Gasteiger partial charge in [0.2, 0.25) is 5.91 Å². The highest BCUT2D eigenvalue weighted by Gasteiger charge is 2.25. The molecule has 0 spiro atoms. The van der Waals surface area contributed by atoms with E-state index in [0.717, 1.165) is 24.5 Å². The summed E-state index contributed by atoms with van der Waals surface area (Å²) in [6.45, 7) is 4.64. The molecule has 142 valence electrons. The summed E-state index contributed by atoms with van der Waals surface area (Å²) >= 11 is 0. The molecule has 6 heteroatoms. The first kappa shape index (κ1) is 18.8. The normalized spacial score (nSPS) is 12.9. The Kier molecular flexibility index (Phi) is 6.30. The minimum atomic E-state index is -0.122.